The van der Waals surface area contributed by atoms with Crippen molar-refractivity contribution >= 4 is 5.97 Å². The second-order valence-corrected chi connectivity index (χ2v) is 2.26. The third kappa shape index (κ3) is 2.70. The van der Waals surface area contributed by atoms with Gasteiger partial charge in [-0.3, -0.25) is 0 Å². The third-order valence-corrected chi connectivity index (χ3v) is 1.24. The lowest BCUT2D eigenvalue weighted by molar-refractivity contribution is -0.139. The van der Waals surface area contributed by atoms with E-state index in [-0.39, 0.29) is 0 Å². The molecule has 70 valence electrons. The number of ether oxygens (including phenoxy) is 1. The van der Waals surface area contributed by atoms with Gasteiger partial charge in [-0.05, 0) is 12.1 Å². The lowest BCUT2D eigenvalue weighted by atomic mass is 10.3. The zero-order valence-corrected chi connectivity index (χ0v) is 6.46. The molecule has 5 heteroatoms. The van der Waals surface area contributed by atoms with Crippen LogP contribution in [-0.2, 0) is 4.79 Å². The predicted octanol–water partition coefficient (Wildman–Crippen LogP) is 1.43. The number of hydrogen-bond acceptors (Lipinski definition) is 2. The summed E-state index contributed by atoms with van der Waals surface area (Å²) in [5.74, 6) is -3.12. The maximum absolute atomic E-state index is 12.7. The summed E-state index contributed by atoms with van der Waals surface area (Å²) in [7, 11) is 0. The first kappa shape index (κ1) is 9.44. The summed E-state index contributed by atoms with van der Waals surface area (Å²) < 4.78 is 29.7. The molecule has 1 aromatic rings. The molecule has 0 aliphatic heterocycles. The summed E-state index contributed by atoms with van der Waals surface area (Å²) in [5.41, 5.74) is 0. The minimum absolute atomic E-state index is 0.401. The maximum Gasteiger partial charge on any atom is 0.341 e. The molecule has 0 amide bonds. The number of carboxylic acids is 1. The van der Waals surface area contributed by atoms with Gasteiger partial charge in [-0.25, -0.2) is 13.6 Å². The number of hydrogen-bond donors (Lipinski definition) is 1. The Labute approximate surface area is 72.6 Å². The van der Waals surface area contributed by atoms with Crippen molar-refractivity contribution in [2.24, 2.45) is 0 Å². The fourth-order valence-electron chi connectivity index (χ4n) is 0.727. The summed E-state index contributed by atoms with van der Waals surface area (Å²) >= 11 is 0. The highest BCUT2D eigenvalue weighted by molar-refractivity contribution is 5.68. The zero-order chi connectivity index (χ0) is 9.84. The van der Waals surface area contributed by atoms with E-state index in [1.54, 1.807) is 0 Å². The lowest BCUT2D eigenvalue weighted by Gasteiger charge is -2.03. The summed E-state index contributed by atoms with van der Waals surface area (Å²) in [6.45, 7) is -0.694. The maximum atomic E-state index is 12.7. The molecular formula is C8H6F2O3. The Hall–Kier alpha value is -1.65. The first-order chi connectivity index (χ1) is 6.09. The van der Waals surface area contributed by atoms with Gasteiger partial charge in [-0.1, -0.05) is 0 Å². The van der Waals surface area contributed by atoms with Gasteiger partial charge in [0.05, 0.1) is 0 Å². The van der Waals surface area contributed by atoms with Crippen molar-refractivity contribution in [3.63, 3.8) is 0 Å². The molecule has 0 bridgehead atoms. The van der Waals surface area contributed by atoms with Gasteiger partial charge in [0.15, 0.2) is 18.2 Å². The normalized spacial score (nSPS) is 9.69. The van der Waals surface area contributed by atoms with Crippen molar-refractivity contribution in [1.82, 2.24) is 0 Å². The molecule has 1 N–H and O–H groups in total. The minimum atomic E-state index is -1.25. The molecule has 0 aromatic heterocycles. The van der Waals surface area contributed by atoms with Crippen LogP contribution in [0.5, 0.6) is 5.75 Å². The molecule has 0 radical (unpaired) electrons. The predicted molar refractivity (Wildman–Crippen MR) is 39.5 cm³/mol. The molecule has 0 atom stereocenters. The second-order valence-electron chi connectivity index (χ2n) is 2.26. The molecule has 0 heterocycles. The van der Waals surface area contributed by atoms with Crippen molar-refractivity contribution in [3.05, 3.63) is 29.8 Å². The van der Waals surface area contributed by atoms with Crippen LogP contribution in [0.2, 0.25) is 0 Å². The monoisotopic (exact) mass is 188 g/mol. The van der Waals surface area contributed by atoms with Gasteiger partial charge in [0.2, 0.25) is 0 Å². The van der Waals surface area contributed by atoms with E-state index in [0.717, 1.165) is 18.2 Å². The Balaban J connectivity index is 2.75. The standard InChI is InChI=1S/C8H6F2O3/c9-5-1-2-6(10)7(3-5)13-4-8(11)12/h1-3H,4H2,(H,11,12). The first-order valence-corrected chi connectivity index (χ1v) is 3.39. The van der Waals surface area contributed by atoms with E-state index in [4.69, 9.17) is 5.11 Å². The van der Waals surface area contributed by atoms with Gasteiger partial charge in [0.1, 0.15) is 5.82 Å². The molecular weight excluding hydrogens is 182 g/mol. The van der Waals surface area contributed by atoms with Crippen LogP contribution < -0.4 is 4.74 Å². The zero-order valence-electron chi connectivity index (χ0n) is 6.46. The Morgan fingerprint density at radius 1 is 1.46 bits per heavy atom. The van der Waals surface area contributed by atoms with Crippen molar-refractivity contribution in [3.8, 4) is 5.75 Å². The van der Waals surface area contributed by atoms with E-state index in [2.05, 4.69) is 4.74 Å². The molecule has 0 fully saturated rings. The minimum Gasteiger partial charge on any atom is -0.479 e. The highest BCUT2D eigenvalue weighted by atomic mass is 19.1. The molecule has 1 rings (SSSR count). The largest absolute Gasteiger partial charge is 0.479 e. The van der Waals surface area contributed by atoms with Crippen LogP contribution >= 0.6 is 0 Å². The van der Waals surface area contributed by atoms with Crippen molar-refractivity contribution in [1.29, 1.82) is 0 Å². The molecule has 1 aromatic carbocycles. The smallest absolute Gasteiger partial charge is 0.341 e. The van der Waals surface area contributed by atoms with Crippen molar-refractivity contribution < 1.29 is 23.4 Å². The SMILES string of the molecule is O=C(O)COc1cc(F)ccc1F. The third-order valence-electron chi connectivity index (χ3n) is 1.24. The Morgan fingerprint density at radius 2 is 2.15 bits per heavy atom. The summed E-state index contributed by atoms with van der Waals surface area (Å²) in [6.07, 6.45) is 0. The van der Waals surface area contributed by atoms with E-state index >= 15 is 0 Å². The van der Waals surface area contributed by atoms with Gasteiger partial charge in [0, 0.05) is 6.07 Å². The number of halogens is 2. The molecule has 13 heavy (non-hydrogen) atoms. The topological polar surface area (TPSA) is 46.5 Å². The van der Waals surface area contributed by atoms with Crippen LogP contribution in [0.25, 0.3) is 0 Å². The molecule has 0 saturated heterocycles. The lowest BCUT2D eigenvalue weighted by Crippen LogP contribution is -2.10. The molecule has 0 unspecified atom stereocenters. The Bertz CT molecular complexity index is 325. The van der Waals surface area contributed by atoms with Crippen LogP contribution in [0.1, 0.15) is 0 Å². The van der Waals surface area contributed by atoms with Crippen LogP contribution in [0.4, 0.5) is 8.78 Å². The fraction of sp³-hybridized carbons (Fsp3) is 0.125. The Morgan fingerprint density at radius 3 is 2.77 bits per heavy atom. The van der Waals surface area contributed by atoms with Crippen LogP contribution in [0.3, 0.4) is 0 Å². The quantitative estimate of drug-likeness (QED) is 0.780. The highest BCUT2D eigenvalue weighted by Crippen LogP contribution is 2.17. The van der Waals surface area contributed by atoms with Crippen LogP contribution in [-0.4, -0.2) is 17.7 Å². The molecule has 0 aliphatic rings. The summed E-state index contributed by atoms with van der Waals surface area (Å²) in [4.78, 5) is 10.0. The number of rotatable bonds is 3. The van der Waals surface area contributed by atoms with E-state index in [1.165, 1.54) is 0 Å². The highest BCUT2D eigenvalue weighted by Gasteiger charge is 2.06. The second kappa shape index (κ2) is 3.84. The van der Waals surface area contributed by atoms with E-state index < -0.39 is 30.0 Å². The van der Waals surface area contributed by atoms with Gasteiger partial charge in [-0.2, -0.15) is 0 Å². The average molecular weight is 188 g/mol. The van der Waals surface area contributed by atoms with E-state index in [0.29, 0.717) is 0 Å². The first-order valence-electron chi connectivity index (χ1n) is 3.39. The van der Waals surface area contributed by atoms with Gasteiger partial charge in [-0.15, -0.1) is 0 Å². The number of carbonyl (C=O) groups is 1. The molecule has 0 saturated carbocycles. The molecule has 3 nitrogen and oxygen atoms in total. The van der Waals surface area contributed by atoms with E-state index in [9.17, 15) is 13.6 Å². The van der Waals surface area contributed by atoms with Crippen molar-refractivity contribution in [2.75, 3.05) is 6.61 Å². The van der Waals surface area contributed by atoms with Gasteiger partial charge < -0.3 is 9.84 Å². The Kier molecular flexibility index (Phi) is 2.79. The number of benzene rings is 1. The van der Waals surface area contributed by atoms with Crippen LogP contribution in [0, 0.1) is 11.6 Å². The fourth-order valence-corrected chi connectivity index (χ4v) is 0.727. The number of aliphatic carboxylic acids is 1. The van der Waals surface area contributed by atoms with Crippen LogP contribution in [0.15, 0.2) is 18.2 Å². The van der Waals surface area contributed by atoms with Crippen molar-refractivity contribution in [2.45, 2.75) is 0 Å². The summed E-state index contributed by atoms with van der Waals surface area (Å²) in [5, 5.41) is 8.19. The van der Waals surface area contributed by atoms with Gasteiger partial charge >= 0.3 is 5.97 Å². The number of carboxylic acid groups (broad SMARTS) is 1. The summed E-state index contributed by atoms with van der Waals surface area (Å²) in [6, 6.07) is 2.58. The van der Waals surface area contributed by atoms with Gasteiger partial charge in [0.25, 0.3) is 0 Å². The molecule has 0 aliphatic carbocycles. The van der Waals surface area contributed by atoms with E-state index in [1.807, 2.05) is 0 Å². The average Bonchev–Trinajstić information content (AvgIpc) is 2.06. The molecule has 0 spiro atoms.